The zero-order valence-corrected chi connectivity index (χ0v) is 14.5. The summed E-state index contributed by atoms with van der Waals surface area (Å²) in [5.74, 6) is 0. The molecular formula is C17H22N4O2S. The lowest BCUT2D eigenvalue weighted by Crippen LogP contribution is -2.46. The van der Waals surface area contributed by atoms with Gasteiger partial charge in [0.05, 0.1) is 6.10 Å². The number of nitrogens with zero attached hydrogens (tertiary/aromatic N) is 2. The minimum atomic E-state index is -0.349. The number of carbonyl (C=O) groups is 1. The van der Waals surface area contributed by atoms with Gasteiger partial charge in [-0.2, -0.15) is 0 Å². The Morgan fingerprint density at radius 1 is 1.38 bits per heavy atom. The smallest absolute Gasteiger partial charge is 0.319 e. The molecule has 0 aliphatic heterocycles. The van der Waals surface area contributed by atoms with Crippen LogP contribution in [0.15, 0.2) is 29.6 Å². The van der Waals surface area contributed by atoms with Crippen LogP contribution in [0.2, 0.25) is 0 Å². The van der Waals surface area contributed by atoms with Gasteiger partial charge in [0, 0.05) is 28.6 Å². The molecule has 1 fully saturated rings. The number of nitrogens with one attached hydrogen (secondary N) is 2. The number of amides is 2. The molecule has 2 amide bonds. The van der Waals surface area contributed by atoms with E-state index in [0.29, 0.717) is 12.2 Å². The Balaban J connectivity index is 1.53. The van der Waals surface area contributed by atoms with Gasteiger partial charge in [-0.1, -0.05) is 36.4 Å². The molecule has 1 aromatic carbocycles. The van der Waals surface area contributed by atoms with Gasteiger partial charge in [0.2, 0.25) is 0 Å². The molecule has 6 nitrogen and oxygen atoms in total. The van der Waals surface area contributed by atoms with Crippen LogP contribution in [-0.2, 0) is 0 Å². The summed E-state index contributed by atoms with van der Waals surface area (Å²) in [5.41, 5.74) is 2.27. The second-order valence-corrected chi connectivity index (χ2v) is 7.20. The molecule has 128 valence electrons. The van der Waals surface area contributed by atoms with Crippen LogP contribution < -0.4 is 10.6 Å². The predicted molar refractivity (Wildman–Crippen MR) is 94.9 cm³/mol. The number of anilines is 1. The van der Waals surface area contributed by atoms with Crippen LogP contribution in [-0.4, -0.2) is 33.4 Å². The number of aliphatic hydroxyl groups excluding tert-OH is 1. The van der Waals surface area contributed by atoms with Crippen LogP contribution in [0, 0.1) is 5.41 Å². The molecule has 24 heavy (non-hydrogen) atoms. The van der Waals surface area contributed by atoms with Crippen molar-refractivity contribution >= 4 is 23.3 Å². The number of benzene rings is 1. The van der Waals surface area contributed by atoms with Crippen molar-refractivity contribution in [2.24, 2.45) is 5.41 Å². The third-order valence-electron chi connectivity index (χ3n) is 4.73. The highest BCUT2D eigenvalue weighted by Crippen LogP contribution is 2.35. The first-order valence-corrected chi connectivity index (χ1v) is 9.01. The maximum atomic E-state index is 12.1. The third-order valence-corrected chi connectivity index (χ3v) is 5.24. The van der Waals surface area contributed by atoms with E-state index in [4.69, 9.17) is 0 Å². The second-order valence-electron chi connectivity index (χ2n) is 6.59. The molecule has 1 aliphatic carbocycles. The fourth-order valence-electron chi connectivity index (χ4n) is 3.06. The van der Waals surface area contributed by atoms with E-state index < -0.39 is 0 Å². The van der Waals surface area contributed by atoms with Crippen molar-refractivity contribution in [3.05, 3.63) is 29.6 Å². The number of aromatic nitrogens is 2. The summed E-state index contributed by atoms with van der Waals surface area (Å²) in [6.07, 6.45) is 3.56. The average molecular weight is 346 g/mol. The van der Waals surface area contributed by atoms with Crippen LogP contribution in [0.25, 0.3) is 11.3 Å². The molecule has 0 bridgehead atoms. The topological polar surface area (TPSA) is 87.1 Å². The molecule has 3 N–H and O–H groups in total. The number of urea groups is 1. The van der Waals surface area contributed by atoms with Crippen molar-refractivity contribution in [3.63, 3.8) is 0 Å². The van der Waals surface area contributed by atoms with Crippen molar-refractivity contribution in [3.8, 4) is 11.3 Å². The van der Waals surface area contributed by atoms with E-state index in [1.165, 1.54) is 11.5 Å². The van der Waals surface area contributed by atoms with Crippen molar-refractivity contribution in [1.82, 2.24) is 14.9 Å². The van der Waals surface area contributed by atoms with Crippen molar-refractivity contribution < 1.29 is 9.90 Å². The van der Waals surface area contributed by atoms with E-state index in [0.717, 1.165) is 36.9 Å². The highest BCUT2D eigenvalue weighted by molar-refractivity contribution is 7.03. The van der Waals surface area contributed by atoms with E-state index in [9.17, 15) is 9.90 Å². The summed E-state index contributed by atoms with van der Waals surface area (Å²) >= 11 is 1.31. The summed E-state index contributed by atoms with van der Waals surface area (Å²) in [6, 6.07) is 7.23. The lowest BCUT2D eigenvalue weighted by atomic mass is 9.73. The molecule has 0 saturated heterocycles. The zero-order valence-electron chi connectivity index (χ0n) is 13.7. The Bertz CT molecular complexity index is 674. The maximum Gasteiger partial charge on any atom is 0.319 e. The van der Waals surface area contributed by atoms with Crippen molar-refractivity contribution in [2.45, 2.75) is 38.7 Å². The molecule has 1 aliphatic rings. The number of hydrogen-bond donors (Lipinski definition) is 3. The first kappa shape index (κ1) is 16.9. The molecule has 2 atom stereocenters. The van der Waals surface area contributed by atoms with Gasteiger partial charge in [0.15, 0.2) is 0 Å². The fraction of sp³-hybridized carbons (Fsp3) is 0.471. The molecule has 2 aromatic rings. The van der Waals surface area contributed by atoms with Gasteiger partial charge in [-0.25, -0.2) is 4.79 Å². The summed E-state index contributed by atoms with van der Waals surface area (Å²) in [6.45, 7) is 2.51. The summed E-state index contributed by atoms with van der Waals surface area (Å²) in [4.78, 5) is 12.1. The molecule has 1 saturated carbocycles. The van der Waals surface area contributed by atoms with Crippen LogP contribution in [0.3, 0.4) is 0 Å². The van der Waals surface area contributed by atoms with Crippen LogP contribution >= 0.6 is 11.5 Å². The molecule has 1 heterocycles. The van der Waals surface area contributed by atoms with Crippen LogP contribution in [0.4, 0.5) is 10.5 Å². The Kier molecular flexibility index (Phi) is 5.11. The largest absolute Gasteiger partial charge is 0.392 e. The highest BCUT2D eigenvalue weighted by atomic mass is 32.1. The van der Waals surface area contributed by atoms with Gasteiger partial charge in [0.1, 0.15) is 5.69 Å². The number of carbonyl (C=O) groups excluding carboxylic acids is 1. The molecule has 7 heteroatoms. The minimum Gasteiger partial charge on any atom is -0.392 e. The van der Waals surface area contributed by atoms with Gasteiger partial charge in [0.25, 0.3) is 0 Å². The first-order valence-electron chi connectivity index (χ1n) is 8.17. The number of rotatable bonds is 4. The molecule has 1 aromatic heterocycles. The summed E-state index contributed by atoms with van der Waals surface area (Å²) in [5, 5.41) is 21.8. The number of aliphatic hydroxyl groups is 1. The zero-order chi connectivity index (χ0) is 17.0. The Hall–Kier alpha value is -1.99. The molecule has 0 spiro atoms. The van der Waals surface area contributed by atoms with Crippen LogP contribution in [0.1, 0.15) is 32.6 Å². The predicted octanol–water partition coefficient (Wildman–Crippen LogP) is 3.27. The van der Waals surface area contributed by atoms with E-state index in [1.54, 1.807) is 0 Å². The van der Waals surface area contributed by atoms with Gasteiger partial charge in [-0.05, 0) is 36.5 Å². The first-order chi connectivity index (χ1) is 11.6. The van der Waals surface area contributed by atoms with Crippen molar-refractivity contribution in [1.29, 1.82) is 0 Å². The third kappa shape index (κ3) is 3.91. The second kappa shape index (κ2) is 7.27. The quantitative estimate of drug-likeness (QED) is 0.793. The van der Waals surface area contributed by atoms with E-state index in [2.05, 4.69) is 20.2 Å². The van der Waals surface area contributed by atoms with Crippen LogP contribution in [0.5, 0.6) is 0 Å². The Morgan fingerprint density at radius 3 is 2.83 bits per heavy atom. The van der Waals surface area contributed by atoms with Gasteiger partial charge >= 0.3 is 6.03 Å². The van der Waals surface area contributed by atoms with E-state index in [1.807, 2.05) is 36.6 Å². The normalized spacial score (nSPS) is 23.7. The monoisotopic (exact) mass is 346 g/mol. The van der Waals surface area contributed by atoms with E-state index >= 15 is 0 Å². The average Bonchev–Trinajstić information content (AvgIpc) is 3.11. The van der Waals surface area contributed by atoms with Gasteiger partial charge in [-0.15, -0.1) is 5.10 Å². The standard InChI is InChI=1S/C17H22N4O2S/c1-17(9-3-2-4-15(17)22)11-18-16(23)19-13-7-5-12(6-8-13)14-10-24-21-20-14/h5-8,10,15,22H,2-4,9,11H2,1H3,(H2,18,19,23)/t15-,17+/m0/s1. The van der Waals surface area contributed by atoms with E-state index in [-0.39, 0.29) is 17.6 Å². The van der Waals surface area contributed by atoms with Gasteiger partial charge < -0.3 is 15.7 Å². The Morgan fingerprint density at radius 2 is 2.17 bits per heavy atom. The maximum absolute atomic E-state index is 12.1. The summed E-state index contributed by atoms with van der Waals surface area (Å²) in [7, 11) is 0. The fourth-order valence-corrected chi connectivity index (χ4v) is 3.53. The lowest BCUT2D eigenvalue weighted by molar-refractivity contribution is 0.00333. The lowest BCUT2D eigenvalue weighted by Gasteiger charge is -2.38. The highest BCUT2D eigenvalue weighted by Gasteiger charge is 2.35. The number of hydrogen-bond acceptors (Lipinski definition) is 5. The Labute approximate surface area is 145 Å². The SMILES string of the molecule is C[C@]1(CNC(=O)Nc2ccc(-c3csnn3)cc2)CCCC[C@@H]1O. The van der Waals surface area contributed by atoms with Crippen molar-refractivity contribution in [2.75, 3.05) is 11.9 Å². The molecular weight excluding hydrogens is 324 g/mol. The summed E-state index contributed by atoms with van der Waals surface area (Å²) < 4.78 is 3.84. The minimum absolute atomic E-state index is 0.239. The molecule has 3 rings (SSSR count). The molecule has 0 unspecified atom stereocenters. The molecule has 0 radical (unpaired) electrons. The van der Waals surface area contributed by atoms with Gasteiger partial charge in [-0.3, -0.25) is 0 Å².